The summed E-state index contributed by atoms with van der Waals surface area (Å²) in [5, 5.41) is 13.4. The number of furan rings is 1. The number of guanidine groups is 1. The van der Waals surface area contributed by atoms with E-state index in [0.717, 1.165) is 44.4 Å². The monoisotopic (exact) mass is 488 g/mol. The minimum atomic E-state index is -0.751. The molecule has 0 amide bonds. The van der Waals surface area contributed by atoms with E-state index in [1.54, 1.807) is 18.4 Å². The molecule has 0 bridgehead atoms. The van der Waals surface area contributed by atoms with Crippen LogP contribution >= 0.6 is 24.0 Å². The zero-order chi connectivity index (χ0) is 18.4. The Morgan fingerprint density at radius 1 is 1.22 bits per heavy atom. The molecule has 0 radical (unpaired) electrons. The van der Waals surface area contributed by atoms with Crippen LogP contribution in [0, 0.1) is 5.82 Å². The molecule has 1 unspecified atom stereocenters. The summed E-state index contributed by atoms with van der Waals surface area (Å²) >= 11 is 0. The lowest BCUT2D eigenvalue weighted by Crippen LogP contribution is -2.52. The van der Waals surface area contributed by atoms with E-state index in [2.05, 4.69) is 20.1 Å². The van der Waals surface area contributed by atoms with Gasteiger partial charge in [-0.2, -0.15) is 0 Å². The summed E-state index contributed by atoms with van der Waals surface area (Å²) < 4.78 is 18.3. The molecule has 2 heterocycles. The van der Waals surface area contributed by atoms with Crippen molar-refractivity contribution in [1.29, 1.82) is 0 Å². The Labute approximate surface area is 176 Å². The Hall–Kier alpha value is -1.81. The first-order chi connectivity index (χ1) is 12.7. The van der Waals surface area contributed by atoms with Gasteiger partial charge in [0.15, 0.2) is 5.96 Å². The van der Waals surface area contributed by atoms with Gasteiger partial charge < -0.3 is 24.6 Å². The lowest BCUT2D eigenvalue weighted by molar-refractivity contribution is 0.158. The van der Waals surface area contributed by atoms with E-state index in [1.807, 2.05) is 19.1 Å². The second-order valence-electron chi connectivity index (χ2n) is 6.18. The summed E-state index contributed by atoms with van der Waals surface area (Å²) in [4.78, 5) is 8.97. The topological polar surface area (TPSA) is 64.2 Å². The zero-order valence-electron chi connectivity index (χ0n) is 15.3. The van der Waals surface area contributed by atoms with Gasteiger partial charge in [0.25, 0.3) is 0 Å². The van der Waals surface area contributed by atoms with E-state index in [-0.39, 0.29) is 36.3 Å². The number of aliphatic imine (C=N–C) groups is 1. The fraction of sp³-hybridized carbons (Fsp3) is 0.421. The molecule has 0 saturated carbocycles. The highest BCUT2D eigenvalue weighted by Gasteiger charge is 2.20. The van der Waals surface area contributed by atoms with Gasteiger partial charge in [-0.05, 0) is 43.3 Å². The molecule has 2 aromatic rings. The highest BCUT2D eigenvalue weighted by Crippen LogP contribution is 2.17. The fourth-order valence-electron chi connectivity index (χ4n) is 3.00. The Morgan fingerprint density at radius 2 is 1.93 bits per heavy atom. The average Bonchev–Trinajstić information content (AvgIpc) is 3.21. The SMILES string of the molecule is CCNC(=NCC(O)c1ccco1)N1CCN(c2ccc(F)cc2)CC1.I. The molecule has 1 atom stereocenters. The van der Waals surface area contributed by atoms with Gasteiger partial charge in [-0.3, -0.25) is 0 Å². The molecule has 0 spiro atoms. The van der Waals surface area contributed by atoms with Crippen molar-refractivity contribution in [3.05, 3.63) is 54.2 Å². The Bertz CT molecular complexity index is 701. The predicted molar refractivity (Wildman–Crippen MR) is 115 cm³/mol. The van der Waals surface area contributed by atoms with E-state index in [4.69, 9.17) is 4.42 Å². The van der Waals surface area contributed by atoms with Gasteiger partial charge in [0.05, 0.1) is 12.8 Å². The third kappa shape index (κ3) is 5.83. The molecule has 6 nitrogen and oxygen atoms in total. The van der Waals surface area contributed by atoms with Crippen molar-refractivity contribution in [3.8, 4) is 0 Å². The number of nitrogens with one attached hydrogen (secondary N) is 1. The number of benzene rings is 1. The summed E-state index contributed by atoms with van der Waals surface area (Å²) in [5.74, 6) is 1.09. The number of nitrogens with zero attached hydrogens (tertiary/aromatic N) is 3. The minimum Gasteiger partial charge on any atom is -0.467 e. The summed E-state index contributed by atoms with van der Waals surface area (Å²) in [6.45, 7) is 6.29. The molecule has 1 aliphatic rings. The van der Waals surface area contributed by atoms with Crippen LogP contribution < -0.4 is 10.2 Å². The number of aliphatic hydroxyl groups excluding tert-OH is 1. The molecule has 1 aliphatic heterocycles. The minimum absolute atomic E-state index is 0. The molecule has 8 heteroatoms. The van der Waals surface area contributed by atoms with E-state index in [9.17, 15) is 9.50 Å². The Balaban J connectivity index is 0.00000261. The lowest BCUT2D eigenvalue weighted by Gasteiger charge is -2.37. The van der Waals surface area contributed by atoms with E-state index in [0.29, 0.717) is 5.76 Å². The smallest absolute Gasteiger partial charge is 0.194 e. The second kappa shape index (κ2) is 10.5. The summed E-state index contributed by atoms with van der Waals surface area (Å²) in [5.41, 5.74) is 1.03. The van der Waals surface area contributed by atoms with Crippen LogP contribution in [0.3, 0.4) is 0 Å². The van der Waals surface area contributed by atoms with Gasteiger partial charge in [0.1, 0.15) is 17.7 Å². The van der Waals surface area contributed by atoms with Gasteiger partial charge in [-0.15, -0.1) is 24.0 Å². The standard InChI is InChI=1S/C19H25FN4O2.HI/c1-2-21-19(22-14-17(25)18-4-3-13-26-18)24-11-9-23(10-12-24)16-7-5-15(20)6-8-16;/h3-8,13,17,25H,2,9-12,14H2,1H3,(H,21,22);1H. The number of anilines is 1. The molecule has 1 aromatic heterocycles. The van der Waals surface area contributed by atoms with Crippen molar-refractivity contribution < 1.29 is 13.9 Å². The number of piperazine rings is 1. The second-order valence-corrected chi connectivity index (χ2v) is 6.18. The molecule has 27 heavy (non-hydrogen) atoms. The molecule has 1 fully saturated rings. The van der Waals surface area contributed by atoms with Gasteiger partial charge in [0, 0.05) is 38.4 Å². The molecule has 2 N–H and O–H groups in total. The zero-order valence-corrected chi connectivity index (χ0v) is 17.7. The first-order valence-corrected chi connectivity index (χ1v) is 8.92. The van der Waals surface area contributed by atoms with Crippen LogP contribution in [0.25, 0.3) is 0 Å². The Morgan fingerprint density at radius 3 is 2.52 bits per heavy atom. The highest BCUT2D eigenvalue weighted by atomic mass is 127. The summed E-state index contributed by atoms with van der Waals surface area (Å²) in [6.07, 6.45) is 0.793. The van der Waals surface area contributed by atoms with Crippen LogP contribution in [0.2, 0.25) is 0 Å². The summed E-state index contributed by atoms with van der Waals surface area (Å²) in [7, 11) is 0. The maximum absolute atomic E-state index is 13.1. The first-order valence-electron chi connectivity index (χ1n) is 8.92. The van der Waals surface area contributed by atoms with Crippen molar-refractivity contribution in [2.75, 3.05) is 44.2 Å². The largest absolute Gasteiger partial charge is 0.467 e. The summed E-state index contributed by atoms with van der Waals surface area (Å²) in [6, 6.07) is 10.1. The maximum atomic E-state index is 13.1. The van der Waals surface area contributed by atoms with Gasteiger partial charge in [-0.1, -0.05) is 0 Å². The van der Waals surface area contributed by atoms with Crippen molar-refractivity contribution in [1.82, 2.24) is 10.2 Å². The van der Waals surface area contributed by atoms with Crippen molar-refractivity contribution in [2.24, 2.45) is 4.99 Å². The third-order valence-electron chi connectivity index (χ3n) is 4.39. The normalized spacial score (nSPS) is 16.0. The Kier molecular flexibility index (Phi) is 8.36. The predicted octanol–water partition coefficient (Wildman–Crippen LogP) is 2.86. The first kappa shape index (κ1) is 21.5. The number of hydrogen-bond donors (Lipinski definition) is 2. The highest BCUT2D eigenvalue weighted by molar-refractivity contribution is 14.0. The van der Waals surface area contributed by atoms with Crippen molar-refractivity contribution >= 4 is 35.6 Å². The molecule has 148 valence electrons. The molecule has 1 aromatic carbocycles. The molecule has 0 aliphatic carbocycles. The quantitative estimate of drug-likeness (QED) is 0.385. The van der Waals surface area contributed by atoms with E-state index >= 15 is 0 Å². The van der Waals surface area contributed by atoms with E-state index in [1.165, 1.54) is 12.1 Å². The lowest BCUT2D eigenvalue weighted by atomic mass is 10.2. The number of aliphatic hydroxyl groups is 1. The number of halogens is 2. The van der Waals surface area contributed by atoms with E-state index < -0.39 is 6.10 Å². The van der Waals surface area contributed by atoms with Crippen LogP contribution in [0.4, 0.5) is 10.1 Å². The van der Waals surface area contributed by atoms with Gasteiger partial charge in [-0.25, -0.2) is 9.38 Å². The third-order valence-corrected chi connectivity index (χ3v) is 4.39. The van der Waals surface area contributed by atoms with Crippen LogP contribution in [0.1, 0.15) is 18.8 Å². The average molecular weight is 488 g/mol. The van der Waals surface area contributed by atoms with Crippen molar-refractivity contribution in [2.45, 2.75) is 13.0 Å². The van der Waals surface area contributed by atoms with Crippen LogP contribution in [-0.2, 0) is 0 Å². The van der Waals surface area contributed by atoms with Crippen LogP contribution in [0.15, 0.2) is 52.1 Å². The fourth-order valence-corrected chi connectivity index (χ4v) is 3.00. The van der Waals surface area contributed by atoms with Gasteiger partial charge >= 0.3 is 0 Å². The van der Waals surface area contributed by atoms with Crippen LogP contribution in [0.5, 0.6) is 0 Å². The molecule has 1 saturated heterocycles. The molecular formula is C19H26FIN4O2. The van der Waals surface area contributed by atoms with Gasteiger partial charge in [0.2, 0.25) is 0 Å². The van der Waals surface area contributed by atoms with Crippen molar-refractivity contribution in [3.63, 3.8) is 0 Å². The maximum Gasteiger partial charge on any atom is 0.194 e. The van der Waals surface area contributed by atoms with Crippen LogP contribution in [-0.4, -0.2) is 55.2 Å². The number of hydrogen-bond acceptors (Lipinski definition) is 4. The molecular weight excluding hydrogens is 462 g/mol. The molecule has 3 rings (SSSR count). The number of rotatable bonds is 5.